The van der Waals surface area contributed by atoms with Crippen LogP contribution in [0.3, 0.4) is 0 Å². The summed E-state index contributed by atoms with van der Waals surface area (Å²) in [5.41, 5.74) is 1.76. The first kappa shape index (κ1) is 15.6. The van der Waals surface area contributed by atoms with Crippen LogP contribution in [0.2, 0.25) is 0 Å². The van der Waals surface area contributed by atoms with E-state index in [-0.39, 0.29) is 5.91 Å². The Morgan fingerprint density at radius 3 is 2.70 bits per heavy atom. The quantitative estimate of drug-likeness (QED) is 0.835. The number of morpholine rings is 1. The van der Waals surface area contributed by atoms with Crippen LogP contribution in [-0.4, -0.2) is 65.0 Å². The number of nitrogens with one attached hydrogen (secondary N) is 1. The predicted octanol–water partition coefficient (Wildman–Crippen LogP) is 0.388. The number of hydrogen-bond acceptors (Lipinski definition) is 5. The highest BCUT2D eigenvalue weighted by Gasteiger charge is 2.11. The fourth-order valence-corrected chi connectivity index (χ4v) is 2.52. The Morgan fingerprint density at radius 2 is 2.00 bits per heavy atom. The molecule has 0 unspecified atom stereocenters. The van der Waals surface area contributed by atoms with Gasteiger partial charge in [-0.25, -0.2) is 9.67 Å². The van der Waals surface area contributed by atoms with Gasteiger partial charge in [-0.2, -0.15) is 5.10 Å². The van der Waals surface area contributed by atoms with E-state index in [4.69, 9.17) is 4.74 Å². The summed E-state index contributed by atoms with van der Waals surface area (Å²) in [5, 5.41) is 7.03. The van der Waals surface area contributed by atoms with Crippen LogP contribution in [0.1, 0.15) is 15.9 Å². The summed E-state index contributed by atoms with van der Waals surface area (Å²) in [4.78, 5) is 18.3. The maximum absolute atomic E-state index is 12.1. The van der Waals surface area contributed by atoms with Crippen LogP contribution in [0.5, 0.6) is 0 Å². The number of benzene rings is 1. The van der Waals surface area contributed by atoms with Gasteiger partial charge in [0.2, 0.25) is 0 Å². The Kier molecular flexibility index (Phi) is 5.33. The van der Waals surface area contributed by atoms with Gasteiger partial charge in [0.1, 0.15) is 12.7 Å². The molecule has 1 aliphatic rings. The minimum Gasteiger partial charge on any atom is -0.379 e. The number of nitrogens with zero attached hydrogens (tertiary/aromatic N) is 4. The molecular formula is C16H21N5O2. The molecule has 122 valence electrons. The Bertz CT molecular complexity index is 606. The lowest BCUT2D eigenvalue weighted by Gasteiger charge is -2.26. The average Bonchev–Trinajstić information content (AvgIpc) is 3.09. The molecule has 0 aliphatic carbocycles. The summed E-state index contributed by atoms with van der Waals surface area (Å²) in [5.74, 6) is -0.0365. The third-order valence-electron chi connectivity index (χ3n) is 3.84. The number of rotatable bonds is 6. The second kappa shape index (κ2) is 7.85. The van der Waals surface area contributed by atoms with E-state index in [9.17, 15) is 4.79 Å². The molecule has 1 N–H and O–H groups in total. The van der Waals surface area contributed by atoms with Crippen molar-refractivity contribution in [3.8, 4) is 0 Å². The number of ether oxygens (including phenoxy) is 1. The third-order valence-corrected chi connectivity index (χ3v) is 3.84. The van der Waals surface area contributed by atoms with Crippen LogP contribution in [0.4, 0.5) is 0 Å². The normalized spacial score (nSPS) is 15.5. The largest absolute Gasteiger partial charge is 0.379 e. The van der Waals surface area contributed by atoms with Gasteiger partial charge >= 0.3 is 0 Å². The van der Waals surface area contributed by atoms with E-state index in [1.165, 1.54) is 6.33 Å². The van der Waals surface area contributed by atoms with Crippen LogP contribution in [0.25, 0.3) is 0 Å². The second-order valence-electron chi connectivity index (χ2n) is 5.50. The molecule has 1 saturated heterocycles. The summed E-state index contributed by atoms with van der Waals surface area (Å²) >= 11 is 0. The van der Waals surface area contributed by atoms with E-state index in [2.05, 4.69) is 20.3 Å². The lowest BCUT2D eigenvalue weighted by Crippen LogP contribution is -2.41. The van der Waals surface area contributed by atoms with Gasteiger partial charge in [-0.05, 0) is 17.7 Å². The predicted molar refractivity (Wildman–Crippen MR) is 85.2 cm³/mol. The molecule has 2 aromatic rings. The van der Waals surface area contributed by atoms with Crippen molar-refractivity contribution in [3.63, 3.8) is 0 Å². The molecule has 2 heterocycles. The van der Waals surface area contributed by atoms with Crippen LogP contribution < -0.4 is 5.32 Å². The first-order valence-corrected chi connectivity index (χ1v) is 7.81. The number of amides is 1. The van der Waals surface area contributed by atoms with Crippen molar-refractivity contribution in [1.29, 1.82) is 0 Å². The van der Waals surface area contributed by atoms with Gasteiger partial charge < -0.3 is 10.1 Å². The third kappa shape index (κ3) is 4.61. The maximum Gasteiger partial charge on any atom is 0.251 e. The Hall–Kier alpha value is -2.25. The number of aromatic nitrogens is 3. The average molecular weight is 315 g/mol. The van der Waals surface area contributed by atoms with Crippen molar-refractivity contribution in [2.24, 2.45) is 0 Å². The first-order valence-electron chi connectivity index (χ1n) is 7.81. The zero-order chi connectivity index (χ0) is 15.9. The van der Waals surface area contributed by atoms with Crippen molar-refractivity contribution in [2.75, 3.05) is 39.4 Å². The summed E-state index contributed by atoms with van der Waals surface area (Å²) in [6.07, 6.45) is 3.18. The second-order valence-corrected chi connectivity index (χ2v) is 5.50. The molecule has 1 aliphatic heterocycles. The molecule has 1 aromatic carbocycles. The molecule has 0 atom stereocenters. The van der Waals surface area contributed by atoms with Crippen molar-refractivity contribution < 1.29 is 9.53 Å². The van der Waals surface area contributed by atoms with Crippen molar-refractivity contribution in [1.82, 2.24) is 25.0 Å². The van der Waals surface area contributed by atoms with Crippen LogP contribution in [0.15, 0.2) is 36.9 Å². The fraction of sp³-hybridized carbons (Fsp3) is 0.438. The van der Waals surface area contributed by atoms with Gasteiger partial charge in [-0.15, -0.1) is 0 Å². The lowest BCUT2D eigenvalue weighted by atomic mass is 10.1. The smallest absolute Gasteiger partial charge is 0.251 e. The minimum absolute atomic E-state index is 0.0365. The van der Waals surface area contributed by atoms with E-state index in [1.54, 1.807) is 11.0 Å². The highest BCUT2D eigenvalue weighted by atomic mass is 16.5. The molecule has 3 rings (SSSR count). The lowest BCUT2D eigenvalue weighted by molar-refractivity contribution is 0.0383. The molecule has 1 amide bonds. The zero-order valence-corrected chi connectivity index (χ0v) is 13.0. The van der Waals surface area contributed by atoms with E-state index in [0.29, 0.717) is 18.7 Å². The molecule has 0 radical (unpaired) electrons. The van der Waals surface area contributed by atoms with Gasteiger partial charge in [0.05, 0.1) is 19.8 Å². The topological polar surface area (TPSA) is 72.3 Å². The monoisotopic (exact) mass is 315 g/mol. The highest BCUT2D eigenvalue weighted by Crippen LogP contribution is 2.06. The summed E-state index contributed by atoms with van der Waals surface area (Å²) in [6.45, 7) is 5.60. The first-order chi connectivity index (χ1) is 11.3. The standard InChI is InChI=1S/C16H21N5O2/c22-16(18-5-6-20-7-9-23-10-8-20)15-3-1-14(2-4-15)11-21-13-17-12-19-21/h1-4,12-13H,5-11H2,(H,18,22). The molecule has 7 heteroatoms. The number of carbonyl (C=O) groups excluding carboxylic acids is 1. The zero-order valence-electron chi connectivity index (χ0n) is 13.0. The summed E-state index contributed by atoms with van der Waals surface area (Å²) in [6, 6.07) is 7.57. The van der Waals surface area contributed by atoms with E-state index < -0.39 is 0 Å². The van der Waals surface area contributed by atoms with Gasteiger partial charge in [-0.3, -0.25) is 9.69 Å². The summed E-state index contributed by atoms with van der Waals surface area (Å²) in [7, 11) is 0. The molecular weight excluding hydrogens is 294 g/mol. The Labute approximate surface area is 135 Å². The molecule has 23 heavy (non-hydrogen) atoms. The van der Waals surface area contributed by atoms with E-state index >= 15 is 0 Å². The van der Waals surface area contributed by atoms with Gasteiger partial charge in [0.25, 0.3) is 5.91 Å². The molecule has 0 bridgehead atoms. The van der Waals surface area contributed by atoms with Gasteiger partial charge in [0.15, 0.2) is 0 Å². The van der Waals surface area contributed by atoms with Crippen molar-refractivity contribution in [2.45, 2.75) is 6.54 Å². The van der Waals surface area contributed by atoms with Crippen LogP contribution >= 0.6 is 0 Å². The van der Waals surface area contributed by atoms with E-state index in [1.807, 2.05) is 24.3 Å². The Morgan fingerprint density at radius 1 is 1.22 bits per heavy atom. The molecule has 0 spiro atoms. The minimum atomic E-state index is -0.0365. The fourth-order valence-electron chi connectivity index (χ4n) is 2.52. The van der Waals surface area contributed by atoms with Crippen LogP contribution in [0, 0.1) is 0 Å². The molecule has 7 nitrogen and oxygen atoms in total. The SMILES string of the molecule is O=C(NCCN1CCOCC1)c1ccc(Cn2cncn2)cc1. The van der Waals surface area contributed by atoms with Gasteiger partial charge in [-0.1, -0.05) is 12.1 Å². The van der Waals surface area contributed by atoms with Gasteiger partial charge in [0, 0.05) is 31.7 Å². The van der Waals surface area contributed by atoms with Crippen LogP contribution in [-0.2, 0) is 11.3 Å². The maximum atomic E-state index is 12.1. The highest BCUT2D eigenvalue weighted by molar-refractivity contribution is 5.94. The van der Waals surface area contributed by atoms with Crippen molar-refractivity contribution >= 4 is 5.91 Å². The molecule has 1 aromatic heterocycles. The van der Waals surface area contributed by atoms with E-state index in [0.717, 1.165) is 38.4 Å². The van der Waals surface area contributed by atoms with Crippen molar-refractivity contribution in [3.05, 3.63) is 48.0 Å². The number of hydrogen-bond donors (Lipinski definition) is 1. The number of carbonyl (C=O) groups is 1. The molecule has 0 saturated carbocycles. The summed E-state index contributed by atoms with van der Waals surface area (Å²) < 4.78 is 7.05. The molecule has 1 fully saturated rings. The Balaban J connectivity index is 1.45.